The third kappa shape index (κ3) is 5.45. The molecule has 0 radical (unpaired) electrons. The molecule has 0 amide bonds. The number of benzene rings is 5. The molecule has 0 bridgehead atoms. The topological polar surface area (TPSA) is 69.1 Å². The molecule has 6 nitrogen and oxygen atoms in total. The number of H-pyrrole nitrogens is 1. The molecule has 7 rings (SSSR count). The first kappa shape index (κ1) is 27.2. The predicted molar refractivity (Wildman–Crippen MR) is 175 cm³/mol. The van der Waals surface area contributed by atoms with E-state index in [-0.39, 0.29) is 0 Å². The number of carbonyl (C=O) groups excluding carboxylic acids is 1. The van der Waals surface area contributed by atoms with Gasteiger partial charge in [-0.15, -0.1) is 0 Å². The number of aromatic amines is 1. The van der Waals surface area contributed by atoms with E-state index in [1.807, 2.05) is 12.1 Å². The van der Waals surface area contributed by atoms with Crippen molar-refractivity contribution in [3.8, 4) is 28.1 Å². The van der Waals surface area contributed by atoms with Crippen LogP contribution in [0.3, 0.4) is 0 Å². The molecule has 0 aliphatic heterocycles. The summed E-state index contributed by atoms with van der Waals surface area (Å²) in [7, 11) is 0. The van der Waals surface area contributed by atoms with E-state index in [9.17, 15) is 4.79 Å². The van der Waals surface area contributed by atoms with Gasteiger partial charge in [-0.25, -0.2) is 4.79 Å². The van der Waals surface area contributed by atoms with Crippen LogP contribution in [0.5, 0.6) is 5.75 Å². The van der Waals surface area contributed by atoms with Crippen molar-refractivity contribution in [1.82, 2.24) is 14.8 Å². The third-order valence-electron chi connectivity index (χ3n) is 7.90. The highest BCUT2D eigenvalue weighted by atomic mass is 16.5. The number of hydrogen-bond donors (Lipinski definition) is 1. The van der Waals surface area contributed by atoms with Gasteiger partial charge in [-0.2, -0.15) is 5.10 Å². The van der Waals surface area contributed by atoms with Crippen LogP contribution < -0.4 is 4.74 Å². The molecule has 0 atom stereocenters. The molecule has 0 spiro atoms. The van der Waals surface area contributed by atoms with Gasteiger partial charge >= 0.3 is 5.97 Å². The van der Waals surface area contributed by atoms with Gasteiger partial charge in [-0.1, -0.05) is 97.1 Å². The smallest absolute Gasteiger partial charge is 0.356 e. The van der Waals surface area contributed by atoms with E-state index in [0.717, 1.165) is 28.0 Å². The van der Waals surface area contributed by atoms with Gasteiger partial charge in [0.15, 0.2) is 0 Å². The lowest BCUT2D eigenvalue weighted by Gasteiger charge is -2.10. The first-order chi connectivity index (χ1) is 21.7. The Balaban J connectivity index is 1.20. The summed E-state index contributed by atoms with van der Waals surface area (Å²) in [5, 5.41) is 12.2. The monoisotopic (exact) mass is 577 g/mol. The number of ether oxygens (including phenoxy) is 2. The Morgan fingerprint density at radius 3 is 2.11 bits per heavy atom. The maximum absolute atomic E-state index is 12.4. The molecule has 6 heteroatoms. The van der Waals surface area contributed by atoms with Crippen molar-refractivity contribution in [1.29, 1.82) is 0 Å². The Hall–Kier alpha value is -5.62. The highest BCUT2D eigenvalue weighted by Crippen LogP contribution is 2.34. The van der Waals surface area contributed by atoms with Crippen molar-refractivity contribution < 1.29 is 14.3 Å². The lowest BCUT2D eigenvalue weighted by Crippen LogP contribution is -2.04. The van der Waals surface area contributed by atoms with Crippen molar-refractivity contribution in [2.45, 2.75) is 20.1 Å². The molecule has 0 aliphatic rings. The summed E-state index contributed by atoms with van der Waals surface area (Å²) >= 11 is 0. The van der Waals surface area contributed by atoms with Crippen molar-refractivity contribution >= 4 is 27.5 Å². The lowest BCUT2D eigenvalue weighted by molar-refractivity contribution is 0.0519. The van der Waals surface area contributed by atoms with E-state index in [1.54, 1.807) is 13.0 Å². The van der Waals surface area contributed by atoms with Crippen LogP contribution in [0.15, 0.2) is 128 Å². The Morgan fingerprint density at radius 1 is 0.750 bits per heavy atom. The van der Waals surface area contributed by atoms with Crippen molar-refractivity contribution in [3.63, 3.8) is 0 Å². The first-order valence-corrected chi connectivity index (χ1v) is 14.8. The van der Waals surface area contributed by atoms with Gasteiger partial charge in [0.05, 0.1) is 12.3 Å². The highest BCUT2D eigenvalue weighted by Gasteiger charge is 2.18. The Bertz CT molecular complexity index is 2080. The number of fused-ring (bicyclic) bond motifs is 2. The van der Waals surface area contributed by atoms with Gasteiger partial charge in [0.2, 0.25) is 0 Å². The van der Waals surface area contributed by atoms with Gasteiger partial charge < -0.3 is 14.0 Å². The van der Waals surface area contributed by atoms with Crippen molar-refractivity contribution in [3.05, 3.63) is 144 Å². The van der Waals surface area contributed by atoms with Gasteiger partial charge in [-0.05, 0) is 63.4 Å². The molecule has 0 aliphatic carbocycles. The molecule has 2 heterocycles. The first-order valence-electron chi connectivity index (χ1n) is 14.8. The van der Waals surface area contributed by atoms with Gasteiger partial charge in [0.25, 0.3) is 0 Å². The zero-order valence-corrected chi connectivity index (χ0v) is 24.4. The molecule has 2 aromatic heterocycles. The summed E-state index contributed by atoms with van der Waals surface area (Å²) in [5.74, 6) is 0.374. The largest absolute Gasteiger partial charge is 0.489 e. The van der Waals surface area contributed by atoms with Crippen LogP contribution >= 0.6 is 0 Å². The molecule has 0 saturated carbocycles. The summed E-state index contributed by atoms with van der Waals surface area (Å²) in [5.41, 5.74) is 6.32. The van der Waals surface area contributed by atoms with E-state index in [1.165, 1.54) is 27.1 Å². The molecule has 0 unspecified atom stereocenters. The van der Waals surface area contributed by atoms with Crippen LogP contribution in [0, 0.1) is 0 Å². The number of carbonyl (C=O) groups is 1. The number of nitrogens with one attached hydrogen (secondary N) is 1. The minimum absolute atomic E-state index is 0.300. The number of hydrogen-bond acceptors (Lipinski definition) is 4. The standard InChI is InChI=1S/C38H31N3O3/c1-2-43-38(42)37-21-36(39-40-37)35-24-41(22-29-13-7-11-26-9-3-5-15-32(26)29)23-34(35)28-17-19-31(20-18-28)44-25-30-14-8-12-27-10-4-6-16-33(27)30/h3-21,23-24H,2,22,25H2,1H3,(H,39,40). The molecule has 0 saturated heterocycles. The molecular formula is C38H31N3O3. The summed E-state index contributed by atoms with van der Waals surface area (Å²) < 4.78 is 13.6. The fourth-order valence-electron chi connectivity index (χ4n) is 5.74. The Morgan fingerprint density at radius 2 is 1.39 bits per heavy atom. The fraction of sp³-hybridized carbons (Fsp3) is 0.105. The van der Waals surface area contributed by atoms with Crippen molar-refractivity contribution in [2.24, 2.45) is 0 Å². The van der Waals surface area contributed by atoms with Crippen molar-refractivity contribution in [2.75, 3.05) is 6.61 Å². The molecule has 7 aromatic rings. The minimum atomic E-state index is -0.421. The van der Waals surface area contributed by atoms with Gasteiger partial charge in [0.1, 0.15) is 18.1 Å². The fourth-order valence-corrected chi connectivity index (χ4v) is 5.74. The molecule has 0 fully saturated rings. The van der Waals surface area contributed by atoms with E-state index in [2.05, 4.69) is 124 Å². The SMILES string of the molecule is CCOC(=O)c1cc(-c2cn(Cc3cccc4ccccc34)cc2-c2ccc(OCc3cccc4ccccc34)cc2)n[nH]1. The van der Waals surface area contributed by atoms with Gasteiger partial charge in [-0.3, -0.25) is 5.10 Å². The number of rotatable bonds is 9. The second-order valence-corrected chi connectivity index (χ2v) is 10.7. The molecular weight excluding hydrogens is 546 g/mol. The van der Waals surface area contributed by atoms with Crippen LogP contribution in [-0.4, -0.2) is 27.3 Å². The number of aromatic nitrogens is 3. The maximum atomic E-state index is 12.4. The predicted octanol–water partition coefficient (Wildman–Crippen LogP) is 8.66. The Labute approximate surface area is 255 Å². The summed E-state index contributed by atoms with van der Waals surface area (Å²) in [4.78, 5) is 12.4. The van der Waals surface area contributed by atoms with E-state index in [4.69, 9.17) is 9.47 Å². The summed E-state index contributed by atoms with van der Waals surface area (Å²) in [6.45, 7) is 3.26. The van der Waals surface area contributed by atoms with E-state index < -0.39 is 5.97 Å². The van der Waals surface area contributed by atoms with Crippen LogP contribution in [0.25, 0.3) is 43.9 Å². The average Bonchev–Trinajstić information content (AvgIpc) is 3.72. The minimum Gasteiger partial charge on any atom is -0.489 e. The maximum Gasteiger partial charge on any atom is 0.356 e. The molecule has 44 heavy (non-hydrogen) atoms. The normalized spacial score (nSPS) is 11.2. The molecule has 1 N–H and O–H groups in total. The molecule has 5 aromatic carbocycles. The lowest BCUT2D eigenvalue weighted by atomic mass is 10.0. The summed E-state index contributed by atoms with van der Waals surface area (Å²) in [6.07, 6.45) is 4.23. The average molecular weight is 578 g/mol. The van der Waals surface area contributed by atoms with Crippen LogP contribution in [0.4, 0.5) is 0 Å². The molecule has 216 valence electrons. The second kappa shape index (κ2) is 11.9. The quantitative estimate of drug-likeness (QED) is 0.174. The zero-order chi connectivity index (χ0) is 29.9. The number of esters is 1. The Kier molecular flexibility index (Phi) is 7.39. The van der Waals surface area contributed by atoms with Crippen LogP contribution in [0.2, 0.25) is 0 Å². The third-order valence-corrected chi connectivity index (χ3v) is 7.90. The highest BCUT2D eigenvalue weighted by molar-refractivity contribution is 5.90. The summed E-state index contributed by atoms with van der Waals surface area (Å²) in [6, 6.07) is 39.4. The zero-order valence-electron chi connectivity index (χ0n) is 24.4. The second-order valence-electron chi connectivity index (χ2n) is 10.7. The van der Waals surface area contributed by atoms with E-state index in [0.29, 0.717) is 31.1 Å². The van der Waals surface area contributed by atoms with Gasteiger partial charge in [0, 0.05) is 30.1 Å². The van der Waals surface area contributed by atoms with E-state index >= 15 is 0 Å². The van der Waals surface area contributed by atoms with Crippen LogP contribution in [-0.2, 0) is 17.9 Å². The van der Waals surface area contributed by atoms with Crippen LogP contribution in [0.1, 0.15) is 28.5 Å². The number of nitrogens with zero attached hydrogens (tertiary/aromatic N) is 2.